The lowest BCUT2D eigenvalue weighted by Crippen LogP contribution is -2.42. The van der Waals surface area contributed by atoms with Crippen molar-refractivity contribution in [3.05, 3.63) is 36.4 Å². The van der Waals surface area contributed by atoms with Gasteiger partial charge in [-0.2, -0.15) is 0 Å². The minimum atomic E-state index is -0.852. The number of ether oxygens (including phenoxy) is 4. The fourth-order valence-corrected chi connectivity index (χ4v) is 7.33. The van der Waals surface area contributed by atoms with E-state index in [4.69, 9.17) is 18.9 Å². The molecule has 0 saturated carbocycles. The third-order valence-corrected chi connectivity index (χ3v) is 9.40. The number of hydrazine groups is 1. The van der Waals surface area contributed by atoms with Crippen molar-refractivity contribution in [1.29, 1.82) is 0 Å². The molecule has 1 aromatic carbocycles. The second-order valence-electron chi connectivity index (χ2n) is 9.96. The lowest BCUT2D eigenvalue weighted by atomic mass is 10.1. The molecule has 230 valence electrons. The molecule has 0 N–H and O–H groups in total. The molecular formula is C30H40N2O8S2. The van der Waals surface area contributed by atoms with Crippen LogP contribution < -0.4 is 9.47 Å². The fourth-order valence-electron chi connectivity index (χ4n) is 4.16. The van der Waals surface area contributed by atoms with E-state index in [-0.39, 0.29) is 38.2 Å². The average molecular weight is 621 g/mol. The Morgan fingerprint density at radius 1 is 0.762 bits per heavy atom. The van der Waals surface area contributed by atoms with Crippen LogP contribution in [0, 0.1) is 5.92 Å². The van der Waals surface area contributed by atoms with Crippen LogP contribution in [0.25, 0.3) is 0 Å². The number of unbranched alkanes of at least 4 members (excludes halogenated alkanes) is 2. The summed E-state index contributed by atoms with van der Waals surface area (Å²) in [5.74, 6) is -1.17. The molecule has 0 aromatic heterocycles. The van der Waals surface area contributed by atoms with Crippen LogP contribution in [0.2, 0.25) is 0 Å². The Balaban J connectivity index is 1.80. The molecule has 0 bridgehead atoms. The summed E-state index contributed by atoms with van der Waals surface area (Å²) >= 11 is 2.79. The van der Waals surface area contributed by atoms with Crippen LogP contribution in [-0.2, 0) is 28.7 Å². The minimum absolute atomic E-state index is 0.0341. The number of carbonyl (C=O) groups is 4. The van der Waals surface area contributed by atoms with Crippen LogP contribution in [0.1, 0.15) is 53.4 Å². The Bertz CT molecular complexity index is 1110. The summed E-state index contributed by atoms with van der Waals surface area (Å²) in [6.45, 7) is 15.7. The second kappa shape index (κ2) is 15.9. The monoisotopic (exact) mass is 620 g/mol. The number of nitrogens with zero attached hydrogens (tertiary/aromatic N) is 2. The van der Waals surface area contributed by atoms with Crippen molar-refractivity contribution in [1.82, 2.24) is 10.0 Å². The first kappa shape index (κ1) is 33.4. The van der Waals surface area contributed by atoms with E-state index in [1.165, 1.54) is 23.5 Å². The van der Waals surface area contributed by atoms with Gasteiger partial charge in [0.1, 0.15) is 43.8 Å². The average Bonchev–Trinajstić information content (AvgIpc) is 3.49. The molecule has 2 aliphatic rings. The second-order valence-corrected chi connectivity index (χ2v) is 12.6. The Hall–Kier alpha value is -3.12. The van der Waals surface area contributed by atoms with Gasteiger partial charge in [0.25, 0.3) is 11.8 Å². The van der Waals surface area contributed by atoms with E-state index in [0.29, 0.717) is 35.7 Å². The van der Waals surface area contributed by atoms with Crippen molar-refractivity contribution in [2.75, 3.05) is 39.5 Å². The molecule has 0 unspecified atom stereocenters. The van der Waals surface area contributed by atoms with Crippen molar-refractivity contribution in [2.24, 2.45) is 5.92 Å². The highest BCUT2D eigenvalue weighted by Crippen LogP contribution is 2.58. The number of rotatable bonds is 17. The molecule has 2 aliphatic heterocycles. The lowest BCUT2D eigenvalue weighted by molar-refractivity contribution is -0.147. The highest BCUT2D eigenvalue weighted by atomic mass is 32.2. The zero-order valence-corrected chi connectivity index (χ0v) is 26.4. The molecular weight excluding hydrogens is 580 g/mol. The van der Waals surface area contributed by atoms with E-state index < -0.39 is 22.4 Å². The molecule has 0 radical (unpaired) electrons. The third kappa shape index (κ3) is 8.25. The minimum Gasteiger partial charge on any atom is -0.489 e. The zero-order chi connectivity index (χ0) is 30.8. The fraction of sp³-hybridized carbons (Fsp3) is 0.533. The molecule has 3 rings (SSSR count). The van der Waals surface area contributed by atoms with Crippen molar-refractivity contribution in [3.63, 3.8) is 0 Å². The highest BCUT2D eigenvalue weighted by Gasteiger charge is 2.51. The molecule has 2 heterocycles. The maximum absolute atomic E-state index is 13.6. The van der Waals surface area contributed by atoms with Gasteiger partial charge in [-0.05, 0) is 38.8 Å². The van der Waals surface area contributed by atoms with Crippen molar-refractivity contribution >= 4 is 47.3 Å². The molecule has 0 spiro atoms. The summed E-state index contributed by atoms with van der Waals surface area (Å²) in [5, 5.41) is 3.24. The standard InChI is InChI=1S/C30H40N2O8S2/c1-7-9-13-31-26(33)23(27(34)32(31)14-10-8-2)30-41-24-21(37-15-17-39-28(35)19(3)4)11-12-22(25(24)42-30)38-16-18-40-29(36)20(5)6/h11-12,23,30H,3,5,7-10,13-18H2,1-2,4,6H3. The van der Waals surface area contributed by atoms with Crippen LogP contribution in [0.3, 0.4) is 0 Å². The van der Waals surface area contributed by atoms with Gasteiger partial charge in [0.15, 0.2) is 0 Å². The number of amides is 2. The van der Waals surface area contributed by atoms with Gasteiger partial charge >= 0.3 is 11.9 Å². The quantitative estimate of drug-likeness (QED) is 0.102. The summed E-state index contributed by atoms with van der Waals surface area (Å²) in [7, 11) is 0. The number of hydrogen-bond acceptors (Lipinski definition) is 10. The summed E-state index contributed by atoms with van der Waals surface area (Å²) in [4.78, 5) is 52.2. The van der Waals surface area contributed by atoms with Crippen molar-refractivity contribution in [3.8, 4) is 11.5 Å². The zero-order valence-electron chi connectivity index (χ0n) is 24.8. The number of benzene rings is 1. The van der Waals surface area contributed by atoms with Gasteiger partial charge in [-0.25, -0.2) is 9.59 Å². The van der Waals surface area contributed by atoms with E-state index in [2.05, 4.69) is 27.0 Å². The number of carbonyl (C=O) groups excluding carboxylic acids is 4. The van der Waals surface area contributed by atoms with Crippen LogP contribution >= 0.6 is 23.5 Å². The number of esters is 2. The van der Waals surface area contributed by atoms with Crippen molar-refractivity contribution < 1.29 is 38.1 Å². The van der Waals surface area contributed by atoms with Crippen LogP contribution in [0.4, 0.5) is 0 Å². The summed E-state index contributed by atoms with van der Waals surface area (Å²) in [5.41, 5.74) is 0.598. The molecule has 1 aromatic rings. The predicted octanol–water partition coefficient (Wildman–Crippen LogP) is 5.01. The molecule has 10 nitrogen and oxygen atoms in total. The summed E-state index contributed by atoms with van der Waals surface area (Å²) in [6, 6.07) is 3.48. The van der Waals surface area contributed by atoms with E-state index in [0.717, 1.165) is 35.5 Å². The predicted molar refractivity (Wildman–Crippen MR) is 161 cm³/mol. The van der Waals surface area contributed by atoms with Gasteiger partial charge in [0.05, 0.1) is 14.4 Å². The Morgan fingerprint density at radius 2 is 1.17 bits per heavy atom. The van der Waals surface area contributed by atoms with Crippen LogP contribution in [0.15, 0.2) is 46.2 Å². The normalized spacial score (nSPS) is 15.1. The first-order chi connectivity index (χ1) is 20.1. The maximum atomic E-state index is 13.6. The molecule has 1 fully saturated rings. The van der Waals surface area contributed by atoms with Gasteiger partial charge in [-0.15, -0.1) is 23.5 Å². The Morgan fingerprint density at radius 3 is 1.52 bits per heavy atom. The molecule has 0 atom stereocenters. The summed E-state index contributed by atoms with van der Waals surface area (Å²) < 4.78 is 21.8. The largest absolute Gasteiger partial charge is 0.489 e. The third-order valence-electron chi connectivity index (χ3n) is 6.40. The highest BCUT2D eigenvalue weighted by molar-refractivity contribution is 8.19. The Labute approximate surface area is 256 Å². The first-order valence-corrected chi connectivity index (χ1v) is 15.9. The summed E-state index contributed by atoms with van der Waals surface area (Å²) in [6.07, 6.45) is 3.43. The topological polar surface area (TPSA) is 112 Å². The smallest absolute Gasteiger partial charge is 0.333 e. The van der Waals surface area contributed by atoms with E-state index >= 15 is 0 Å². The van der Waals surface area contributed by atoms with Gasteiger partial charge in [0.2, 0.25) is 0 Å². The Kier molecular flexibility index (Phi) is 12.7. The van der Waals surface area contributed by atoms with Gasteiger partial charge in [0, 0.05) is 24.2 Å². The van der Waals surface area contributed by atoms with Gasteiger partial charge in [-0.3, -0.25) is 19.6 Å². The number of fused-ring (bicyclic) bond motifs is 1. The van der Waals surface area contributed by atoms with E-state index in [1.807, 2.05) is 0 Å². The van der Waals surface area contributed by atoms with Crippen LogP contribution in [0.5, 0.6) is 11.5 Å². The first-order valence-electron chi connectivity index (χ1n) is 14.1. The van der Waals surface area contributed by atoms with Crippen LogP contribution in [-0.4, -0.2) is 77.9 Å². The molecule has 1 saturated heterocycles. The molecule has 42 heavy (non-hydrogen) atoms. The SMILES string of the molecule is C=C(C)C(=O)OCCOc1ccc(OCCOC(=O)C(=C)C)c2c1SC(C1C(=O)N(CCCC)N(CCCC)C1=O)S2. The molecule has 12 heteroatoms. The van der Waals surface area contributed by atoms with E-state index in [9.17, 15) is 19.2 Å². The maximum Gasteiger partial charge on any atom is 0.333 e. The number of thioether (sulfide) groups is 2. The van der Waals surface area contributed by atoms with Gasteiger partial charge in [-0.1, -0.05) is 39.8 Å². The van der Waals surface area contributed by atoms with Gasteiger partial charge < -0.3 is 18.9 Å². The molecule has 2 amide bonds. The lowest BCUT2D eigenvalue weighted by Gasteiger charge is -2.27. The van der Waals surface area contributed by atoms with Crippen molar-refractivity contribution in [2.45, 2.75) is 67.8 Å². The van der Waals surface area contributed by atoms with E-state index in [1.54, 1.807) is 36.0 Å². The number of hydrogen-bond donors (Lipinski definition) is 0. The molecule has 0 aliphatic carbocycles.